The largest absolute Gasteiger partial charge is 0.444 e. The van der Waals surface area contributed by atoms with Crippen LogP contribution in [0.3, 0.4) is 0 Å². The number of amides is 3. The molecule has 2 N–H and O–H groups in total. The maximum atomic E-state index is 13.5. The fourth-order valence-corrected chi connectivity index (χ4v) is 3.52. The topological polar surface area (TPSA) is 87.7 Å². The van der Waals surface area contributed by atoms with Gasteiger partial charge in [-0.15, -0.1) is 0 Å². The molecule has 0 saturated heterocycles. The van der Waals surface area contributed by atoms with Gasteiger partial charge in [-0.05, 0) is 59.6 Å². The SMILES string of the molecule is Cc1ccc(C(C(=O)NCc2ccccc2)N(C(=O)C(C)NC(=O)OC(C)(C)C)C(C)C)cc1. The molecule has 0 saturated carbocycles. The van der Waals surface area contributed by atoms with Crippen molar-refractivity contribution in [2.45, 2.75) is 78.7 Å². The van der Waals surface area contributed by atoms with Crippen LogP contribution in [0.2, 0.25) is 0 Å². The summed E-state index contributed by atoms with van der Waals surface area (Å²) in [7, 11) is 0. The quantitative estimate of drug-likeness (QED) is 0.598. The van der Waals surface area contributed by atoms with Gasteiger partial charge in [0.2, 0.25) is 11.8 Å². The number of nitrogens with zero attached hydrogens (tertiary/aromatic N) is 1. The first-order chi connectivity index (χ1) is 15.9. The van der Waals surface area contributed by atoms with Crippen LogP contribution in [0.5, 0.6) is 0 Å². The number of carbonyl (C=O) groups is 3. The van der Waals surface area contributed by atoms with Crippen molar-refractivity contribution in [3.05, 3.63) is 71.3 Å². The summed E-state index contributed by atoms with van der Waals surface area (Å²) >= 11 is 0. The van der Waals surface area contributed by atoms with Crippen molar-refractivity contribution in [1.82, 2.24) is 15.5 Å². The van der Waals surface area contributed by atoms with E-state index < -0.39 is 23.8 Å². The molecule has 0 aliphatic heterocycles. The van der Waals surface area contributed by atoms with E-state index in [4.69, 9.17) is 4.74 Å². The Bertz CT molecular complexity index is 966. The van der Waals surface area contributed by atoms with Gasteiger partial charge in [-0.1, -0.05) is 60.2 Å². The van der Waals surface area contributed by atoms with Crippen LogP contribution in [0, 0.1) is 6.92 Å². The van der Waals surface area contributed by atoms with Gasteiger partial charge in [-0.2, -0.15) is 0 Å². The first-order valence-corrected chi connectivity index (χ1v) is 11.6. The molecule has 7 heteroatoms. The second-order valence-electron chi connectivity index (χ2n) is 9.72. The van der Waals surface area contributed by atoms with Crippen LogP contribution in [-0.4, -0.2) is 40.5 Å². The van der Waals surface area contributed by atoms with Crippen LogP contribution in [-0.2, 0) is 20.9 Å². The molecule has 3 amide bonds. The van der Waals surface area contributed by atoms with Gasteiger partial charge in [0.15, 0.2) is 0 Å². The fourth-order valence-electron chi connectivity index (χ4n) is 3.52. The zero-order valence-electron chi connectivity index (χ0n) is 21.2. The third-order valence-corrected chi connectivity index (χ3v) is 5.14. The van der Waals surface area contributed by atoms with E-state index in [9.17, 15) is 14.4 Å². The molecule has 2 atom stereocenters. The Balaban J connectivity index is 2.31. The van der Waals surface area contributed by atoms with Crippen LogP contribution in [0.25, 0.3) is 0 Å². The van der Waals surface area contributed by atoms with E-state index in [1.54, 1.807) is 27.7 Å². The average Bonchev–Trinajstić information content (AvgIpc) is 2.75. The number of aryl methyl sites for hydroxylation is 1. The Morgan fingerprint density at radius 2 is 1.53 bits per heavy atom. The van der Waals surface area contributed by atoms with Gasteiger partial charge >= 0.3 is 6.09 Å². The number of rotatable bonds is 8. The van der Waals surface area contributed by atoms with Crippen LogP contribution in [0.4, 0.5) is 4.79 Å². The molecule has 7 nitrogen and oxygen atoms in total. The highest BCUT2D eigenvalue weighted by atomic mass is 16.6. The smallest absolute Gasteiger partial charge is 0.408 e. The number of nitrogens with one attached hydrogen (secondary N) is 2. The van der Waals surface area contributed by atoms with E-state index in [2.05, 4.69) is 10.6 Å². The molecule has 0 aromatic heterocycles. The maximum absolute atomic E-state index is 13.5. The van der Waals surface area contributed by atoms with Crippen molar-refractivity contribution < 1.29 is 19.1 Å². The van der Waals surface area contributed by atoms with Gasteiger partial charge in [0.25, 0.3) is 0 Å². The molecule has 0 aliphatic rings. The predicted molar refractivity (Wildman–Crippen MR) is 133 cm³/mol. The zero-order valence-corrected chi connectivity index (χ0v) is 21.2. The van der Waals surface area contributed by atoms with E-state index in [0.29, 0.717) is 12.1 Å². The Morgan fingerprint density at radius 3 is 2.06 bits per heavy atom. The summed E-state index contributed by atoms with van der Waals surface area (Å²) in [6.07, 6.45) is -0.683. The lowest BCUT2D eigenvalue weighted by Crippen LogP contribution is -2.54. The molecule has 0 heterocycles. The average molecular weight is 468 g/mol. The summed E-state index contributed by atoms with van der Waals surface area (Å²) in [5.74, 6) is -0.666. The highest BCUT2D eigenvalue weighted by Gasteiger charge is 2.36. The molecule has 0 radical (unpaired) electrons. The van der Waals surface area contributed by atoms with Gasteiger partial charge in [-0.25, -0.2) is 4.79 Å². The minimum Gasteiger partial charge on any atom is -0.444 e. The van der Waals surface area contributed by atoms with E-state index in [1.165, 1.54) is 4.90 Å². The monoisotopic (exact) mass is 467 g/mol. The van der Waals surface area contributed by atoms with Crippen molar-refractivity contribution in [3.8, 4) is 0 Å². The van der Waals surface area contributed by atoms with Crippen molar-refractivity contribution >= 4 is 17.9 Å². The molecular formula is C27H37N3O4. The first-order valence-electron chi connectivity index (χ1n) is 11.6. The minimum atomic E-state index is -0.882. The minimum absolute atomic E-state index is 0.292. The second-order valence-corrected chi connectivity index (χ2v) is 9.72. The van der Waals surface area contributed by atoms with E-state index >= 15 is 0 Å². The summed E-state index contributed by atoms with van der Waals surface area (Å²) in [5.41, 5.74) is 2.02. The Kier molecular flexibility index (Phi) is 9.24. The number of ether oxygens (including phenoxy) is 1. The van der Waals surface area contributed by atoms with Gasteiger partial charge < -0.3 is 20.3 Å². The van der Waals surface area contributed by atoms with Gasteiger partial charge in [0.1, 0.15) is 17.7 Å². The molecular weight excluding hydrogens is 430 g/mol. The summed E-state index contributed by atoms with van der Waals surface area (Å²) in [4.78, 5) is 40.8. The number of hydrogen-bond donors (Lipinski definition) is 2. The molecule has 0 spiro atoms. The number of carbonyl (C=O) groups excluding carboxylic acids is 3. The molecule has 0 fully saturated rings. The lowest BCUT2D eigenvalue weighted by Gasteiger charge is -2.36. The third kappa shape index (κ3) is 7.90. The van der Waals surface area contributed by atoms with E-state index in [0.717, 1.165) is 11.1 Å². The van der Waals surface area contributed by atoms with Crippen molar-refractivity contribution in [2.75, 3.05) is 0 Å². The van der Waals surface area contributed by atoms with Crippen LogP contribution in [0.1, 0.15) is 64.3 Å². The predicted octanol–water partition coefficient (Wildman–Crippen LogP) is 4.50. The molecule has 34 heavy (non-hydrogen) atoms. The van der Waals surface area contributed by atoms with Crippen LogP contribution < -0.4 is 10.6 Å². The van der Waals surface area contributed by atoms with Gasteiger partial charge in [-0.3, -0.25) is 9.59 Å². The highest BCUT2D eigenvalue weighted by molar-refractivity contribution is 5.92. The second kappa shape index (κ2) is 11.7. The molecule has 2 rings (SSSR count). The molecule has 2 aromatic rings. The normalized spacial score (nSPS) is 13.1. The lowest BCUT2D eigenvalue weighted by atomic mass is 10.00. The standard InChI is InChI=1S/C27H37N3O4/c1-18(2)30(25(32)20(4)29-26(33)34-27(5,6)7)23(22-15-13-19(3)14-16-22)24(31)28-17-21-11-9-8-10-12-21/h8-16,18,20,23H,17H2,1-7H3,(H,28,31)(H,29,33). The van der Waals surface area contributed by atoms with Crippen molar-refractivity contribution in [2.24, 2.45) is 0 Å². The molecule has 184 valence electrons. The highest BCUT2D eigenvalue weighted by Crippen LogP contribution is 2.25. The molecule has 2 aromatic carbocycles. The van der Waals surface area contributed by atoms with Crippen molar-refractivity contribution in [3.63, 3.8) is 0 Å². The molecule has 0 bridgehead atoms. The van der Waals surface area contributed by atoms with Crippen LogP contribution >= 0.6 is 0 Å². The Morgan fingerprint density at radius 1 is 0.941 bits per heavy atom. The summed E-state index contributed by atoms with van der Waals surface area (Å²) < 4.78 is 5.29. The lowest BCUT2D eigenvalue weighted by molar-refractivity contribution is -0.144. The number of alkyl carbamates (subject to hydrolysis) is 1. The first kappa shape index (κ1) is 26.9. The molecule has 2 unspecified atom stereocenters. The van der Waals surface area contributed by atoms with Gasteiger partial charge in [0, 0.05) is 12.6 Å². The van der Waals surface area contributed by atoms with Crippen LogP contribution in [0.15, 0.2) is 54.6 Å². The zero-order chi connectivity index (χ0) is 25.5. The maximum Gasteiger partial charge on any atom is 0.408 e. The van der Waals surface area contributed by atoms with Gasteiger partial charge in [0.05, 0.1) is 0 Å². The van der Waals surface area contributed by atoms with E-state index in [-0.39, 0.29) is 17.9 Å². The summed E-state index contributed by atoms with van der Waals surface area (Å²) in [6, 6.07) is 15.1. The van der Waals surface area contributed by atoms with Crippen molar-refractivity contribution in [1.29, 1.82) is 0 Å². The third-order valence-electron chi connectivity index (χ3n) is 5.14. The number of hydrogen-bond acceptors (Lipinski definition) is 4. The summed E-state index contributed by atoms with van der Waals surface area (Å²) in [5, 5.41) is 5.57. The fraction of sp³-hybridized carbons (Fsp3) is 0.444. The van der Waals surface area contributed by atoms with E-state index in [1.807, 2.05) is 75.4 Å². The number of benzene rings is 2. The summed E-state index contributed by atoms with van der Waals surface area (Å²) in [6.45, 7) is 12.9. The Labute approximate surface area is 202 Å². The Hall–Kier alpha value is -3.35. The molecule has 0 aliphatic carbocycles.